The zero-order chi connectivity index (χ0) is 25.6. The van der Waals surface area contributed by atoms with E-state index in [0.29, 0.717) is 29.9 Å². The number of piperidine rings is 1. The van der Waals surface area contributed by atoms with Gasteiger partial charge >= 0.3 is 6.18 Å². The number of amides is 1. The van der Waals surface area contributed by atoms with Crippen molar-refractivity contribution in [2.24, 2.45) is 0 Å². The SMILES string of the molecule is CC(=N)c1ccc(NC(=O)CC(=O)CC(C)c2ccc(OC3CCCNC3)c(C(F)(F)F)c2)cc1. The van der Waals surface area contributed by atoms with Gasteiger partial charge in [-0.05, 0) is 67.6 Å². The minimum Gasteiger partial charge on any atom is -0.488 e. The quantitative estimate of drug-likeness (QED) is 0.329. The number of alkyl halides is 3. The van der Waals surface area contributed by atoms with Crippen LogP contribution in [0.1, 0.15) is 62.1 Å². The Morgan fingerprint density at radius 3 is 2.51 bits per heavy atom. The first-order valence-corrected chi connectivity index (χ1v) is 11.6. The molecule has 35 heavy (non-hydrogen) atoms. The summed E-state index contributed by atoms with van der Waals surface area (Å²) in [7, 11) is 0. The zero-order valence-corrected chi connectivity index (χ0v) is 19.8. The molecule has 2 atom stereocenters. The van der Waals surface area contributed by atoms with Gasteiger partial charge in [0, 0.05) is 24.4 Å². The van der Waals surface area contributed by atoms with Gasteiger partial charge in [-0.25, -0.2) is 0 Å². The normalized spacial score (nSPS) is 16.9. The van der Waals surface area contributed by atoms with Crippen LogP contribution in [-0.4, -0.2) is 36.6 Å². The molecule has 3 rings (SSSR count). The van der Waals surface area contributed by atoms with Crippen LogP contribution in [0.15, 0.2) is 42.5 Å². The molecule has 0 radical (unpaired) electrons. The molecule has 0 spiro atoms. The van der Waals surface area contributed by atoms with Crippen molar-refractivity contribution in [3.8, 4) is 5.75 Å². The van der Waals surface area contributed by atoms with Crippen LogP contribution in [0.5, 0.6) is 5.75 Å². The highest BCUT2D eigenvalue weighted by atomic mass is 19.4. The van der Waals surface area contributed by atoms with Crippen molar-refractivity contribution in [2.75, 3.05) is 18.4 Å². The lowest BCUT2D eigenvalue weighted by atomic mass is 9.93. The fourth-order valence-corrected chi connectivity index (χ4v) is 4.00. The molecule has 0 saturated carbocycles. The number of benzene rings is 2. The summed E-state index contributed by atoms with van der Waals surface area (Å²) in [5, 5.41) is 13.3. The van der Waals surface area contributed by atoms with Gasteiger partial charge in [0.2, 0.25) is 5.91 Å². The summed E-state index contributed by atoms with van der Waals surface area (Å²) in [4.78, 5) is 24.7. The van der Waals surface area contributed by atoms with Gasteiger partial charge < -0.3 is 20.8 Å². The first-order valence-electron chi connectivity index (χ1n) is 11.6. The van der Waals surface area contributed by atoms with Gasteiger partial charge in [0.15, 0.2) is 0 Å². The van der Waals surface area contributed by atoms with Gasteiger partial charge in [-0.3, -0.25) is 9.59 Å². The third-order valence-corrected chi connectivity index (χ3v) is 5.92. The fourth-order valence-electron chi connectivity index (χ4n) is 4.00. The number of halogens is 3. The summed E-state index contributed by atoms with van der Waals surface area (Å²) in [5.74, 6) is -1.58. The molecule has 6 nitrogen and oxygen atoms in total. The van der Waals surface area contributed by atoms with Crippen LogP contribution in [0.3, 0.4) is 0 Å². The summed E-state index contributed by atoms with van der Waals surface area (Å²) in [5.41, 5.74) is 1.11. The highest BCUT2D eigenvalue weighted by Gasteiger charge is 2.36. The van der Waals surface area contributed by atoms with Crippen LogP contribution in [-0.2, 0) is 15.8 Å². The molecule has 1 amide bonds. The maximum absolute atomic E-state index is 13.7. The molecule has 2 aromatic rings. The average Bonchev–Trinajstić information content (AvgIpc) is 2.79. The average molecular weight is 490 g/mol. The maximum Gasteiger partial charge on any atom is 0.419 e. The molecule has 3 N–H and O–H groups in total. The van der Waals surface area contributed by atoms with Crippen molar-refractivity contribution >= 4 is 23.1 Å². The highest BCUT2D eigenvalue weighted by Crippen LogP contribution is 2.39. The fraction of sp³-hybridized carbons (Fsp3) is 0.423. The zero-order valence-electron chi connectivity index (χ0n) is 19.8. The van der Waals surface area contributed by atoms with Gasteiger partial charge in [-0.1, -0.05) is 25.1 Å². The standard InChI is InChI=1S/C26H30F3N3O3/c1-16(12-21(33)14-25(34)32-20-8-5-18(6-9-20)17(2)30)19-7-10-24(23(13-19)26(27,28)29)35-22-4-3-11-31-15-22/h5-10,13,16,22,30-31H,3-4,11-12,14-15H2,1-2H3,(H,32,34). The molecule has 2 unspecified atom stereocenters. The van der Waals surface area contributed by atoms with E-state index in [4.69, 9.17) is 10.1 Å². The molecule has 0 aliphatic carbocycles. The molecule has 1 aliphatic heterocycles. The van der Waals surface area contributed by atoms with E-state index < -0.39 is 23.6 Å². The molecule has 2 aromatic carbocycles. The number of hydrogen-bond donors (Lipinski definition) is 3. The smallest absolute Gasteiger partial charge is 0.419 e. The van der Waals surface area contributed by atoms with E-state index in [1.807, 2.05) is 0 Å². The molecular weight excluding hydrogens is 459 g/mol. The van der Waals surface area contributed by atoms with E-state index in [1.165, 1.54) is 6.07 Å². The molecule has 1 aliphatic rings. The molecule has 1 heterocycles. The van der Waals surface area contributed by atoms with E-state index in [0.717, 1.165) is 24.6 Å². The van der Waals surface area contributed by atoms with Gasteiger partial charge in [0.1, 0.15) is 17.6 Å². The summed E-state index contributed by atoms with van der Waals surface area (Å²) in [6.07, 6.45) is -3.83. The van der Waals surface area contributed by atoms with E-state index >= 15 is 0 Å². The predicted octanol–water partition coefficient (Wildman–Crippen LogP) is 5.32. The van der Waals surface area contributed by atoms with Gasteiger partial charge in [-0.15, -0.1) is 0 Å². The first-order chi connectivity index (χ1) is 16.5. The molecule has 1 fully saturated rings. The third kappa shape index (κ3) is 7.65. The van der Waals surface area contributed by atoms with Crippen LogP contribution in [0.25, 0.3) is 0 Å². The van der Waals surface area contributed by atoms with Gasteiger partial charge in [0.05, 0.1) is 12.0 Å². The highest BCUT2D eigenvalue weighted by molar-refractivity contribution is 6.04. The van der Waals surface area contributed by atoms with E-state index in [-0.39, 0.29) is 30.5 Å². The first kappa shape index (κ1) is 26.4. The van der Waals surface area contributed by atoms with Gasteiger partial charge in [0.25, 0.3) is 0 Å². The Morgan fingerprint density at radius 2 is 1.91 bits per heavy atom. The van der Waals surface area contributed by atoms with Crippen LogP contribution in [0.4, 0.5) is 18.9 Å². The topological polar surface area (TPSA) is 91.3 Å². The largest absolute Gasteiger partial charge is 0.488 e. The Hall–Kier alpha value is -3.20. The summed E-state index contributed by atoms with van der Waals surface area (Å²) in [6.45, 7) is 4.64. The number of carbonyl (C=O) groups is 2. The van der Waals surface area contributed by atoms with Crippen LogP contribution >= 0.6 is 0 Å². The molecular formula is C26H30F3N3O3. The second-order valence-electron chi connectivity index (χ2n) is 8.91. The second-order valence-corrected chi connectivity index (χ2v) is 8.91. The monoisotopic (exact) mass is 489 g/mol. The lowest BCUT2D eigenvalue weighted by Crippen LogP contribution is -2.37. The van der Waals surface area contributed by atoms with Crippen LogP contribution in [0, 0.1) is 5.41 Å². The number of rotatable bonds is 9. The lowest BCUT2D eigenvalue weighted by molar-refractivity contribution is -0.139. The molecule has 1 saturated heterocycles. The number of Topliss-reactive ketones (excluding diaryl/α,β-unsaturated/α-hetero) is 1. The number of carbonyl (C=O) groups excluding carboxylic acids is 2. The van der Waals surface area contributed by atoms with E-state index in [9.17, 15) is 22.8 Å². The molecule has 0 aromatic heterocycles. The molecule has 188 valence electrons. The number of anilines is 1. The third-order valence-electron chi connectivity index (χ3n) is 5.92. The van der Waals surface area contributed by atoms with Crippen molar-refractivity contribution in [1.29, 1.82) is 5.41 Å². The number of nitrogens with one attached hydrogen (secondary N) is 3. The Kier molecular flexibility index (Phi) is 8.67. The van der Waals surface area contributed by atoms with Crippen molar-refractivity contribution in [2.45, 2.75) is 57.7 Å². The molecule has 0 bridgehead atoms. The van der Waals surface area contributed by atoms with Gasteiger partial charge in [-0.2, -0.15) is 13.2 Å². The van der Waals surface area contributed by atoms with Crippen molar-refractivity contribution in [3.05, 3.63) is 59.2 Å². The van der Waals surface area contributed by atoms with Crippen molar-refractivity contribution < 1.29 is 27.5 Å². The van der Waals surface area contributed by atoms with Crippen LogP contribution < -0.4 is 15.4 Å². The summed E-state index contributed by atoms with van der Waals surface area (Å²) >= 11 is 0. The Morgan fingerprint density at radius 1 is 1.20 bits per heavy atom. The van der Waals surface area contributed by atoms with E-state index in [2.05, 4.69) is 10.6 Å². The Balaban J connectivity index is 1.61. The summed E-state index contributed by atoms with van der Waals surface area (Å²) < 4.78 is 46.8. The van der Waals surface area contributed by atoms with Crippen LogP contribution in [0.2, 0.25) is 0 Å². The minimum absolute atomic E-state index is 0.0661. The molecule has 9 heteroatoms. The van der Waals surface area contributed by atoms with Crippen molar-refractivity contribution in [3.63, 3.8) is 0 Å². The van der Waals surface area contributed by atoms with Crippen molar-refractivity contribution in [1.82, 2.24) is 5.32 Å². The van der Waals surface area contributed by atoms with E-state index in [1.54, 1.807) is 44.2 Å². The number of ether oxygens (including phenoxy) is 1. The predicted molar refractivity (Wildman–Crippen MR) is 128 cm³/mol. The Bertz CT molecular complexity index is 1060. The number of hydrogen-bond acceptors (Lipinski definition) is 5. The summed E-state index contributed by atoms with van der Waals surface area (Å²) in [6, 6.07) is 10.6. The lowest BCUT2D eigenvalue weighted by Gasteiger charge is -2.26. The second kappa shape index (κ2) is 11.5. The minimum atomic E-state index is -4.59. The Labute approximate surface area is 202 Å². The maximum atomic E-state index is 13.7. The number of ketones is 1.